The van der Waals surface area contributed by atoms with Crippen LogP contribution in [0.15, 0.2) is 42.6 Å². The van der Waals surface area contributed by atoms with Gasteiger partial charge in [-0.05, 0) is 13.0 Å². The van der Waals surface area contributed by atoms with E-state index in [2.05, 4.69) is 4.98 Å². The molecule has 2 rings (SSSR count). The highest BCUT2D eigenvalue weighted by Gasteiger charge is 1.99. The van der Waals surface area contributed by atoms with Crippen molar-refractivity contribution in [3.63, 3.8) is 0 Å². The second-order valence-electron chi connectivity index (χ2n) is 3.29. The highest BCUT2D eigenvalue weighted by atomic mass is 14.7. The summed E-state index contributed by atoms with van der Waals surface area (Å²) in [6.07, 6.45) is 1.71. The van der Waals surface area contributed by atoms with Crippen LogP contribution in [0.4, 0.5) is 0 Å². The van der Waals surface area contributed by atoms with Crippen LogP contribution in [-0.4, -0.2) is 12.8 Å². The maximum Gasteiger partial charge on any atom is 0.116 e. The first-order chi connectivity index (χ1) is 6.77. The van der Waals surface area contributed by atoms with Crippen molar-refractivity contribution in [2.45, 2.75) is 6.92 Å². The summed E-state index contributed by atoms with van der Waals surface area (Å²) in [6.45, 7) is 1.99. The molecule has 0 fully saturated rings. The van der Waals surface area contributed by atoms with Crippen LogP contribution in [0.1, 0.15) is 5.56 Å². The molecule has 2 radical (unpaired) electrons. The lowest BCUT2D eigenvalue weighted by Gasteiger charge is -2.04. The number of hydrogen-bond acceptors (Lipinski definition) is 1. The van der Waals surface area contributed by atoms with Crippen molar-refractivity contribution in [1.82, 2.24) is 4.98 Å². The fraction of sp³-hybridized carbons (Fsp3) is 0.0833. The van der Waals surface area contributed by atoms with Gasteiger partial charge >= 0.3 is 0 Å². The van der Waals surface area contributed by atoms with E-state index < -0.39 is 0 Å². The van der Waals surface area contributed by atoms with E-state index in [0.717, 1.165) is 22.3 Å². The third-order valence-electron chi connectivity index (χ3n) is 2.22. The van der Waals surface area contributed by atoms with E-state index in [1.807, 2.05) is 43.3 Å². The summed E-state index contributed by atoms with van der Waals surface area (Å²) in [5.74, 6) is 0. The Kier molecular flexibility index (Phi) is 2.36. The van der Waals surface area contributed by atoms with Gasteiger partial charge in [0.1, 0.15) is 7.85 Å². The second kappa shape index (κ2) is 3.66. The van der Waals surface area contributed by atoms with Gasteiger partial charge in [-0.25, -0.2) is 0 Å². The molecule has 2 heteroatoms. The van der Waals surface area contributed by atoms with Crippen LogP contribution in [0.5, 0.6) is 0 Å². The summed E-state index contributed by atoms with van der Waals surface area (Å²) in [5, 5.41) is 0. The minimum absolute atomic E-state index is 0.740. The van der Waals surface area contributed by atoms with Gasteiger partial charge in [-0.2, -0.15) is 0 Å². The van der Waals surface area contributed by atoms with Crippen LogP contribution >= 0.6 is 0 Å². The summed E-state index contributed by atoms with van der Waals surface area (Å²) >= 11 is 0. The zero-order chi connectivity index (χ0) is 9.97. The van der Waals surface area contributed by atoms with Crippen LogP contribution in [0, 0.1) is 6.92 Å². The maximum absolute atomic E-state index is 5.70. The first-order valence-corrected chi connectivity index (χ1v) is 4.55. The van der Waals surface area contributed by atoms with Gasteiger partial charge in [0.25, 0.3) is 0 Å². The Balaban J connectivity index is 2.48. The lowest BCUT2D eigenvalue weighted by molar-refractivity contribution is 1.31. The molecule has 66 valence electrons. The van der Waals surface area contributed by atoms with E-state index in [-0.39, 0.29) is 0 Å². The molecule has 14 heavy (non-hydrogen) atoms. The smallest absolute Gasteiger partial charge is 0.116 e. The molecule has 2 aromatic rings. The Morgan fingerprint density at radius 3 is 2.50 bits per heavy atom. The van der Waals surface area contributed by atoms with Crippen LogP contribution in [-0.2, 0) is 0 Å². The molecule has 0 aliphatic rings. The maximum atomic E-state index is 5.70. The van der Waals surface area contributed by atoms with Gasteiger partial charge in [-0.15, -0.1) is 0 Å². The van der Waals surface area contributed by atoms with E-state index in [4.69, 9.17) is 7.85 Å². The van der Waals surface area contributed by atoms with Crippen molar-refractivity contribution in [2.24, 2.45) is 0 Å². The van der Waals surface area contributed by atoms with Gasteiger partial charge < -0.3 is 0 Å². The zero-order valence-electron chi connectivity index (χ0n) is 8.07. The molecule has 1 nitrogen and oxygen atoms in total. The van der Waals surface area contributed by atoms with Gasteiger partial charge in [0.05, 0.1) is 5.69 Å². The Labute approximate surface area is 85.2 Å². The molecule has 0 bridgehead atoms. The quantitative estimate of drug-likeness (QED) is 0.608. The Bertz CT molecular complexity index is 437. The van der Waals surface area contributed by atoms with Crippen molar-refractivity contribution in [2.75, 3.05) is 0 Å². The third kappa shape index (κ3) is 1.69. The van der Waals surface area contributed by atoms with Crippen molar-refractivity contribution in [3.8, 4) is 11.3 Å². The van der Waals surface area contributed by atoms with E-state index in [0.29, 0.717) is 0 Å². The van der Waals surface area contributed by atoms with Crippen molar-refractivity contribution >= 4 is 13.3 Å². The normalized spacial score (nSPS) is 10.1. The monoisotopic (exact) mass is 179 g/mol. The lowest BCUT2D eigenvalue weighted by Crippen LogP contribution is -2.08. The fourth-order valence-corrected chi connectivity index (χ4v) is 1.33. The van der Waals surface area contributed by atoms with E-state index in [9.17, 15) is 0 Å². The minimum atomic E-state index is 0.740. The average molecular weight is 179 g/mol. The van der Waals surface area contributed by atoms with Gasteiger partial charge in [0.15, 0.2) is 0 Å². The standard InChI is InChI=1S/C12H10BN/c1-9-7-12(14-8-11(9)13)10-5-3-2-4-6-10/h2-8H,1H3. The molecule has 0 atom stereocenters. The molecule has 0 saturated heterocycles. The Hall–Kier alpha value is -1.57. The summed E-state index contributed by atoms with van der Waals surface area (Å²) in [5.41, 5.74) is 3.90. The van der Waals surface area contributed by atoms with Gasteiger partial charge in [0.2, 0.25) is 0 Å². The van der Waals surface area contributed by atoms with E-state index >= 15 is 0 Å². The van der Waals surface area contributed by atoms with Gasteiger partial charge in [-0.1, -0.05) is 41.4 Å². The first-order valence-electron chi connectivity index (χ1n) is 4.55. The van der Waals surface area contributed by atoms with Crippen molar-refractivity contribution < 1.29 is 0 Å². The summed E-state index contributed by atoms with van der Waals surface area (Å²) in [6, 6.07) is 12.1. The van der Waals surface area contributed by atoms with Crippen LogP contribution in [0.3, 0.4) is 0 Å². The Morgan fingerprint density at radius 1 is 1.14 bits per heavy atom. The SMILES string of the molecule is [B]c1cnc(-c2ccccc2)cc1C. The molecule has 0 aliphatic heterocycles. The molecule has 0 saturated carbocycles. The number of pyridine rings is 1. The predicted octanol–water partition coefficient (Wildman–Crippen LogP) is 1.85. The number of nitrogens with zero attached hydrogens (tertiary/aromatic N) is 1. The van der Waals surface area contributed by atoms with Gasteiger partial charge in [-0.3, -0.25) is 4.98 Å². The highest BCUT2D eigenvalue weighted by Crippen LogP contribution is 2.15. The number of aryl methyl sites for hydroxylation is 1. The largest absolute Gasteiger partial charge is 0.257 e. The topological polar surface area (TPSA) is 12.9 Å². The van der Waals surface area contributed by atoms with Crippen molar-refractivity contribution in [3.05, 3.63) is 48.2 Å². The molecule has 0 N–H and O–H groups in total. The summed E-state index contributed by atoms with van der Waals surface area (Å²) < 4.78 is 0. The number of aromatic nitrogens is 1. The number of benzene rings is 1. The zero-order valence-corrected chi connectivity index (χ0v) is 8.07. The van der Waals surface area contributed by atoms with E-state index in [1.165, 1.54) is 0 Å². The summed E-state index contributed by atoms with van der Waals surface area (Å²) in [4.78, 5) is 4.28. The van der Waals surface area contributed by atoms with Crippen LogP contribution in [0.2, 0.25) is 0 Å². The molecule has 0 spiro atoms. The van der Waals surface area contributed by atoms with Gasteiger partial charge in [0, 0.05) is 11.8 Å². The molecule has 0 amide bonds. The number of hydrogen-bond donors (Lipinski definition) is 0. The van der Waals surface area contributed by atoms with Crippen LogP contribution in [0.25, 0.3) is 11.3 Å². The molecule has 1 heterocycles. The number of rotatable bonds is 1. The first kappa shape index (κ1) is 9.01. The molecular weight excluding hydrogens is 169 g/mol. The fourth-order valence-electron chi connectivity index (χ4n) is 1.33. The van der Waals surface area contributed by atoms with Crippen molar-refractivity contribution in [1.29, 1.82) is 0 Å². The highest BCUT2D eigenvalue weighted by molar-refractivity contribution is 6.33. The second-order valence-corrected chi connectivity index (χ2v) is 3.29. The minimum Gasteiger partial charge on any atom is -0.257 e. The summed E-state index contributed by atoms with van der Waals surface area (Å²) in [7, 11) is 5.70. The molecule has 1 aromatic carbocycles. The molecule has 1 aromatic heterocycles. The third-order valence-corrected chi connectivity index (χ3v) is 2.22. The average Bonchev–Trinajstić information content (AvgIpc) is 2.23. The molecule has 0 aliphatic carbocycles. The molecular formula is C12H10BN. The predicted molar refractivity (Wildman–Crippen MR) is 59.8 cm³/mol. The van der Waals surface area contributed by atoms with Crippen LogP contribution < -0.4 is 5.46 Å². The van der Waals surface area contributed by atoms with E-state index in [1.54, 1.807) is 6.20 Å². The molecule has 0 unspecified atom stereocenters. The lowest BCUT2D eigenvalue weighted by atomic mass is 9.92. The Morgan fingerprint density at radius 2 is 1.86 bits per heavy atom.